The summed E-state index contributed by atoms with van der Waals surface area (Å²) in [5.74, 6) is 2.66. The SMILES string of the molecule is COc1cc(SCCCNC(=O)CCSc2ccc(O)c(OC)c2)ccc1O. The molecule has 0 heterocycles. The number of carbonyl (C=O) groups is 1. The highest BCUT2D eigenvalue weighted by atomic mass is 32.2. The molecule has 0 unspecified atom stereocenters. The first-order chi connectivity index (χ1) is 13.5. The molecule has 3 N–H and O–H groups in total. The fraction of sp³-hybridized carbons (Fsp3) is 0.350. The van der Waals surface area contributed by atoms with E-state index in [4.69, 9.17) is 9.47 Å². The molecule has 0 aliphatic carbocycles. The Morgan fingerprint density at radius 1 is 0.929 bits per heavy atom. The van der Waals surface area contributed by atoms with E-state index in [-0.39, 0.29) is 17.4 Å². The van der Waals surface area contributed by atoms with Crippen LogP contribution in [0.15, 0.2) is 46.2 Å². The molecule has 0 aromatic heterocycles. The number of benzene rings is 2. The van der Waals surface area contributed by atoms with E-state index in [0.717, 1.165) is 22.0 Å². The molecule has 0 bridgehead atoms. The summed E-state index contributed by atoms with van der Waals surface area (Å²) in [7, 11) is 3.03. The van der Waals surface area contributed by atoms with E-state index < -0.39 is 0 Å². The van der Waals surface area contributed by atoms with Crippen molar-refractivity contribution in [3.63, 3.8) is 0 Å². The van der Waals surface area contributed by atoms with E-state index in [1.165, 1.54) is 14.2 Å². The number of phenols is 2. The predicted molar refractivity (Wildman–Crippen MR) is 113 cm³/mol. The van der Waals surface area contributed by atoms with Crippen LogP contribution in [-0.4, -0.2) is 48.4 Å². The van der Waals surface area contributed by atoms with Crippen LogP contribution in [0.4, 0.5) is 0 Å². The first-order valence-electron chi connectivity index (χ1n) is 8.79. The molecule has 0 spiro atoms. The van der Waals surface area contributed by atoms with Crippen molar-refractivity contribution in [3.8, 4) is 23.0 Å². The van der Waals surface area contributed by atoms with Gasteiger partial charge >= 0.3 is 0 Å². The second-order valence-electron chi connectivity index (χ2n) is 5.82. The number of thioether (sulfide) groups is 2. The molecular formula is C20H25NO5S2. The van der Waals surface area contributed by atoms with Gasteiger partial charge in [0.1, 0.15) is 0 Å². The Morgan fingerprint density at radius 2 is 1.46 bits per heavy atom. The Balaban J connectivity index is 1.60. The molecule has 152 valence electrons. The van der Waals surface area contributed by atoms with E-state index in [0.29, 0.717) is 30.2 Å². The van der Waals surface area contributed by atoms with Gasteiger partial charge < -0.3 is 25.0 Å². The average Bonchev–Trinajstić information content (AvgIpc) is 2.70. The van der Waals surface area contributed by atoms with Crippen LogP contribution in [-0.2, 0) is 4.79 Å². The normalized spacial score (nSPS) is 10.5. The van der Waals surface area contributed by atoms with Crippen LogP contribution in [0, 0.1) is 0 Å². The van der Waals surface area contributed by atoms with Crippen LogP contribution in [0.25, 0.3) is 0 Å². The minimum atomic E-state index is 0.0227. The summed E-state index contributed by atoms with van der Waals surface area (Å²) in [6.07, 6.45) is 1.28. The van der Waals surface area contributed by atoms with E-state index in [2.05, 4.69) is 5.32 Å². The molecule has 8 heteroatoms. The van der Waals surface area contributed by atoms with E-state index in [1.54, 1.807) is 53.9 Å². The molecule has 0 saturated heterocycles. The maximum Gasteiger partial charge on any atom is 0.220 e. The molecule has 0 aliphatic heterocycles. The summed E-state index contributed by atoms with van der Waals surface area (Å²) < 4.78 is 10.2. The van der Waals surface area contributed by atoms with Crippen molar-refractivity contribution in [2.45, 2.75) is 22.6 Å². The topological polar surface area (TPSA) is 88.0 Å². The molecule has 2 aromatic carbocycles. The number of hydrogen-bond donors (Lipinski definition) is 3. The smallest absolute Gasteiger partial charge is 0.220 e. The van der Waals surface area contributed by atoms with Gasteiger partial charge in [0.25, 0.3) is 0 Å². The van der Waals surface area contributed by atoms with Gasteiger partial charge in [-0.25, -0.2) is 0 Å². The summed E-state index contributed by atoms with van der Waals surface area (Å²) in [5, 5.41) is 22.1. The van der Waals surface area contributed by atoms with Crippen molar-refractivity contribution in [2.24, 2.45) is 0 Å². The fourth-order valence-corrected chi connectivity index (χ4v) is 4.09. The highest BCUT2D eigenvalue weighted by Gasteiger charge is 2.06. The van der Waals surface area contributed by atoms with Gasteiger partial charge in [0.2, 0.25) is 5.91 Å². The van der Waals surface area contributed by atoms with Crippen molar-refractivity contribution < 1.29 is 24.5 Å². The Bertz CT molecular complexity index is 785. The number of ether oxygens (including phenoxy) is 2. The van der Waals surface area contributed by atoms with Crippen LogP contribution >= 0.6 is 23.5 Å². The molecule has 6 nitrogen and oxygen atoms in total. The number of hydrogen-bond acceptors (Lipinski definition) is 7. The van der Waals surface area contributed by atoms with Gasteiger partial charge in [-0.3, -0.25) is 4.79 Å². The summed E-state index contributed by atoms with van der Waals surface area (Å²) in [6, 6.07) is 10.4. The minimum absolute atomic E-state index is 0.0227. The zero-order chi connectivity index (χ0) is 20.4. The number of nitrogens with one attached hydrogen (secondary N) is 1. The van der Waals surface area contributed by atoms with E-state index >= 15 is 0 Å². The van der Waals surface area contributed by atoms with Crippen LogP contribution in [0.3, 0.4) is 0 Å². The lowest BCUT2D eigenvalue weighted by Gasteiger charge is -2.08. The van der Waals surface area contributed by atoms with Gasteiger partial charge in [-0.05, 0) is 48.6 Å². The number of aromatic hydroxyl groups is 2. The van der Waals surface area contributed by atoms with Crippen LogP contribution in [0.2, 0.25) is 0 Å². The summed E-state index contributed by atoms with van der Waals surface area (Å²) in [5.41, 5.74) is 0. The summed E-state index contributed by atoms with van der Waals surface area (Å²) >= 11 is 3.20. The summed E-state index contributed by atoms with van der Waals surface area (Å²) in [6.45, 7) is 0.624. The second kappa shape index (κ2) is 11.6. The highest BCUT2D eigenvalue weighted by Crippen LogP contribution is 2.32. The number of carbonyl (C=O) groups excluding carboxylic acids is 1. The lowest BCUT2D eigenvalue weighted by atomic mass is 10.3. The first-order valence-corrected chi connectivity index (χ1v) is 10.8. The molecule has 0 atom stereocenters. The molecule has 0 saturated carbocycles. The number of amides is 1. The van der Waals surface area contributed by atoms with Gasteiger partial charge in [0.15, 0.2) is 23.0 Å². The van der Waals surface area contributed by atoms with E-state index in [1.807, 2.05) is 6.07 Å². The van der Waals surface area contributed by atoms with Crippen molar-refractivity contribution in [3.05, 3.63) is 36.4 Å². The standard InChI is InChI=1S/C20H25NO5S2/c1-25-18-12-14(4-6-16(18)22)27-10-3-9-21-20(24)8-11-28-15-5-7-17(23)19(13-15)26-2/h4-7,12-13,22-23H,3,8-11H2,1-2H3,(H,21,24). The van der Waals surface area contributed by atoms with Crippen LogP contribution in [0.5, 0.6) is 23.0 Å². The number of phenolic OH excluding ortho intramolecular Hbond substituents is 2. The third-order valence-electron chi connectivity index (χ3n) is 3.81. The molecule has 1 amide bonds. The molecule has 2 aromatic rings. The van der Waals surface area contributed by atoms with Crippen LogP contribution < -0.4 is 14.8 Å². The van der Waals surface area contributed by atoms with Crippen molar-refractivity contribution in [1.29, 1.82) is 0 Å². The number of methoxy groups -OCH3 is 2. The predicted octanol–water partition coefficient (Wildman–Crippen LogP) is 3.90. The van der Waals surface area contributed by atoms with Crippen LogP contribution in [0.1, 0.15) is 12.8 Å². The molecular weight excluding hydrogens is 398 g/mol. The molecule has 0 fully saturated rings. The molecule has 0 radical (unpaired) electrons. The second-order valence-corrected chi connectivity index (χ2v) is 8.15. The fourth-order valence-electron chi connectivity index (χ4n) is 2.34. The van der Waals surface area contributed by atoms with Gasteiger partial charge in [0, 0.05) is 28.5 Å². The molecule has 28 heavy (non-hydrogen) atoms. The molecule has 2 rings (SSSR count). The zero-order valence-electron chi connectivity index (χ0n) is 15.9. The quantitative estimate of drug-likeness (QED) is 0.373. The largest absolute Gasteiger partial charge is 0.504 e. The van der Waals surface area contributed by atoms with Gasteiger partial charge in [-0.1, -0.05) is 0 Å². The molecule has 0 aliphatic rings. The van der Waals surface area contributed by atoms with E-state index in [9.17, 15) is 15.0 Å². The van der Waals surface area contributed by atoms with Crippen molar-refractivity contribution in [1.82, 2.24) is 5.32 Å². The zero-order valence-corrected chi connectivity index (χ0v) is 17.6. The lowest BCUT2D eigenvalue weighted by molar-refractivity contribution is -0.120. The Morgan fingerprint density at radius 3 is 2.00 bits per heavy atom. The maximum atomic E-state index is 11.9. The average molecular weight is 424 g/mol. The first kappa shape index (κ1) is 22.1. The third kappa shape index (κ3) is 7.09. The highest BCUT2D eigenvalue weighted by molar-refractivity contribution is 7.99. The Labute approximate surface area is 173 Å². The maximum absolute atomic E-state index is 11.9. The Hall–Kier alpha value is -2.19. The monoisotopic (exact) mass is 423 g/mol. The van der Waals surface area contributed by atoms with Gasteiger partial charge in [-0.2, -0.15) is 0 Å². The minimum Gasteiger partial charge on any atom is -0.504 e. The van der Waals surface area contributed by atoms with Crippen molar-refractivity contribution >= 4 is 29.4 Å². The van der Waals surface area contributed by atoms with Crippen molar-refractivity contribution in [2.75, 3.05) is 32.3 Å². The Kier molecular flexibility index (Phi) is 9.16. The van der Waals surface area contributed by atoms with Gasteiger partial charge in [-0.15, -0.1) is 23.5 Å². The number of rotatable bonds is 11. The summed E-state index contributed by atoms with van der Waals surface area (Å²) in [4.78, 5) is 13.9. The van der Waals surface area contributed by atoms with Gasteiger partial charge in [0.05, 0.1) is 14.2 Å². The lowest BCUT2D eigenvalue weighted by Crippen LogP contribution is -2.24. The third-order valence-corrected chi connectivity index (χ3v) is 5.89.